The van der Waals surface area contributed by atoms with Gasteiger partial charge in [0.2, 0.25) is 11.5 Å². The first kappa shape index (κ1) is 22.2. The largest absolute Gasteiger partial charge is 0.434 e. The van der Waals surface area contributed by atoms with Gasteiger partial charge in [0.25, 0.3) is 0 Å². The van der Waals surface area contributed by atoms with E-state index in [9.17, 15) is 22.8 Å². The lowest BCUT2D eigenvalue weighted by Gasteiger charge is -2.13. The fourth-order valence-corrected chi connectivity index (χ4v) is 3.04. The second-order valence-electron chi connectivity index (χ2n) is 6.83. The molecule has 0 radical (unpaired) electrons. The van der Waals surface area contributed by atoms with Crippen LogP contribution in [-0.4, -0.2) is 34.5 Å². The highest BCUT2D eigenvalue weighted by Crippen LogP contribution is 2.35. The van der Waals surface area contributed by atoms with Gasteiger partial charge in [-0.15, -0.1) is 0 Å². The molecule has 3 aromatic rings. The Morgan fingerprint density at radius 3 is 2.65 bits per heavy atom. The fourth-order valence-electron chi connectivity index (χ4n) is 3.04. The zero-order chi connectivity index (χ0) is 22.6. The van der Waals surface area contributed by atoms with Crippen molar-refractivity contribution in [2.24, 2.45) is 0 Å². The topological polar surface area (TPSA) is 99.8 Å². The highest BCUT2D eigenvalue weighted by molar-refractivity contribution is 5.90. The lowest BCUT2D eigenvalue weighted by molar-refractivity contribution is -0.140. The Morgan fingerprint density at radius 1 is 1.16 bits per heavy atom. The Labute approximate surface area is 175 Å². The molecule has 3 heterocycles. The number of H-pyrrole nitrogens is 1. The van der Waals surface area contributed by atoms with Gasteiger partial charge in [-0.1, -0.05) is 0 Å². The van der Waals surface area contributed by atoms with Crippen molar-refractivity contribution >= 4 is 11.7 Å². The number of amides is 1. The number of hydrogen-bond acceptors (Lipinski definition) is 5. The van der Waals surface area contributed by atoms with Crippen LogP contribution >= 0.6 is 0 Å². The summed E-state index contributed by atoms with van der Waals surface area (Å²) in [7, 11) is 1.73. The van der Waals surface area contributed by atoms with Gasteiger partial charge in [0, 0.05) is 37.0 Å². The number of carbonyl (C=O) groups excluding carboxylic acids is 1. The average molecular weight is 431 g/mol. The minimum Gasteiger partial charge on any atom is -0.322 e. The molecule has 0 aromatic carbocycles. The molecule has 3 aromatic heterocycles. The molecule has 0 unspecified atom stereocenters. The molecule has 31 heavy (non-hydrogen) atoms. The normalized spacial score (nSPS) is 11.4. The summed E-state index contributed by atoms with van der Waals surface area (Å²) < 4.78 is 40.1. The van der Waals surface area contributed by atoms with Crippen LogP contribution in [0.4, 0.5) is 19.0 Å². The van der Waals surface area contributed by atoms with E-state index in [1.165, 1.54) is 30.5 Å². The SMILES string of the molecule is CNCCC(=O)Nc1cc(-c2cc(-c3cccnc3C(F)(F)F)[nH]c(=O)c2)c(C)cn1. The first-order valence-corrected chi connectivity index (χ1v) is 9.37. The van der Waals surface area contributed by atoms with Crippen LogP contribution in [0, 0.1) is 6.92 Å². The van der Waals surface area contributed by atoms with Crippen molar-refractivity contribution in [3.8, 4) is 22.4 Å². The molecule has 0 saturated heterocycles. The molecule has 0 atom stereocenters. The molecule has 0 aliphatic heterocycles. The molecule has 162 valence electrons. The minimum absolute atomic E-state index is 0.0151. The zero-order valence-electron chi connectivity index (χ0n) is 16.8. The number of aromatic amines is 1. The van der Waals surface area contributed by atoms with E-state index in [0.29, 0.717) is 23.2 Å². The van der Waals surface area contributed by atoms with Gasteiger partial charge in [-0.3, -0.25) is 14.6 Å². The summed E-state index contributed by atoms with van der Waals surface area (Å²) in [6, 6.07) is 6.92. The first-order chi connectivity index (χ1) is 14.7. The van der Waals surface area contributed by atoms with Crippen LogP contribution in [0.3, 0.4) is 0 Å². The summed E-state index contributed by atoms with van der Waals surface area (Å²) in [6.07, 6.45) is -1.86. The fraction of sp³-hybridized carbons (Fsp3) is 0.238. The number of nitrogens with zero attached hydrogens (tertiary/aromatic N) is 2. The van der Waals surface area contributed by atoms with Crippen LogP contribution in [-0.2, 0) is 11.0 Å². The number of hydrogen-bond donors (Lipinski definition) is 3. The molecule has 7 nitrogen and oxygen atoms in total. The Bertz CT molecular complexity index is 1160. The minimum atomic E-state index is -4.68. The smallest absolute Gasteiger partial charge is 0.322 e. The second kappa shape index (κ2) is 9.09. The molecule has 0 aliphatic rings. The molecule has 10 heteroatoms. The van der Waals surface area contributed by atoms with Gasteiger partial charge in [0.05, 0.1) is 5.69 Å². The monoisotopic (exact) mass is 431 g/mol. The summed E-state index contributed by atoms with van der Waals surface area (Å²) in [5, 5.41) is 5.54. The standard InChI is InChI=1S/C21H20F3N5O2/c1-12-11-27-17(29-18(30)5-7-25-2)10-15(12)13-8-16(28-19(31)9-13)14-4-3-6-26-20(14)21(22,23)24/h3-4,6,8-11,25H,5,7H2,1-2H3,(H,28,31)(H,27,29,30). The Hall–Kier alpha value is -3.53. The predicted molar refractivity (Wildman–Crippen MR) is 110 cm³/mol. The highest BCUT2D eigenvalue weighted by Gasteiger charge is 2.35. The summed E-state index contributed by atoms with van der Waals surface area (Å²) in [5.41, 5.74) is -0.274. The van der Waals surface area contributed by atoms with E-state index in [1.807, 2.05) is 0 Å². The van der Waals surface area contributed by atoms with Gasteiger partial charge < -0.3 is 15.6 Å². The maximum absolute atomic E-state index is 13.4. The first-order valence-electron chi connectivity index (χ1n) is 9.37. The number of pyridine rings is 3. The van der Waals surface area contributed by atoms with Crippen LogP contribution < -0.4 is 16.2 Å². The van der Waals surface area contributed by atoms with Gasteiger partial charge in [-0.2, -0.15) is 13.2 Å². The van der Waals surface area contributed by atoms with Crippen molar-refractivity contribution in [1.29, 1.82) is 0 Å². The van der Waals surface area contributed by atoms with Crippen LogP contribution in [0.25, 0.3) is 22.4 Å². The van der Waals surface area contributed by atoms with Crippen LogP contribution in [0.5, 0.6) is 0 Å². The molecule has 3 rings (SSSR count). The third-order valence-electron chi connectivity index (χ3n) is 4.49. The van der Waals surface area contributed by atoms with Crippen molar-refractivity contribution in [3.63, 3.8) is 0 Å². The number of halogens is 3. The third kappa shape index (κ3) is 5.34. The quantitative estimate of drug-likeness (QED) is 0.556. The van der Waals surface area contributed by atoms with Crippen LogP contribution in [0.15, 0.2) is 47.5 Å². The molecular formula is C21H20F3N5O2. The maximum atomic E-state index is 13.4. The molecule has 0 aliphatic carbocycles. The number of rotatable bonds is 6. The number of aromatic nitrogens is 3. The molecule has 3 N–H and O–H groups in total. The number of anilines is 1. The second-order valence-corrected chi connectivity index (χ2v) is 6.83. The lowest BCUT2D eigenvalue weighted by Crippen LogP contribution is -2.19. The predicted octanol–water partition coefficient (Wildman–Crippen LogP) is 3.37. The summed E-state index contributed by atoms with van der Waals surface area (Å²) in [5.74, 6) is 0.0364. The van der Waals surface area contributed by atoms with Gasteiger partial charge >= 0.3 is 6.18 Å². The van der Waals surface area contributed by atoms with Crippen molar-refractivity contribution in [2.45, 2.75) is 19.5 Å². The van der Waals surface area contributed by atoms with E-state index in [2.05, 4.69) is 25.6 Å². The van der Waals surface area contributed by atoms with Gasteiger partial charge in [0.15, 0.2) is 5.69 Å². The molecular weight excluding hydrogens is 411 g/mol. The third-order valence-corrected chi connectivity index (χ3v) is 4.49. The number of carbonyl (C=O) groups is 1. The van der Waals surface area contributed by atoms with Crippen molar-refractivity contribution in [1.82, 2.24) is 20.3 Å². The van der Waals surface area contributed by atoms with Gasteiger partial charge in [0.1, 0.15) is 5.82 Å². The van der Waals surface area contributed by atoms with Crippen LogP contribution in [0.2, 0.25) is 0 Å². The average Bonchev–Trinajstić information content (AvgIpc) is 2.72. The van der Waals surface area contributed by atoms with Crippen molar-refractivity contribution < 1.29 is 18.0 Å². The molecule has 0 bridgehead atoms. The molecule has 0 spiro atoms. The summed E-state index contributed by atoms with van der Waals surface area (Å²) in [6.45, 7) is 2.25. The molecule has 0 saturated carbocycles. The van der Waals surface area contributed by atoms with Gasteiger partial charge in [-0.05, 0) is 54.9 Å². The molecule has 0 fully saturated rings. The maximum Gasteiger partial charge on any atom is 0.434 e. The zero-order valence-corrected chi connectivity index (χ0v) is 16.8. The van der Waals surface area contributed by atoms with E-state index in [4.69, 9.17) is 0 Å². The van der Waals surface area contributed by atoms with E-state index >= 15 is 0 Å². The Morgan fingerprint density at radius 2 is 1.94 bits per heavy atom. The van der Waals surface area contributed by atoms with E-state index in [-0.39, 0.29) is 29.4 Å². The van der Waals surface area contributed by atoms with Crippen molar-refractivity contribution in [3.05, 3.63) is 64.3 Å². The summed E-state index contributed by atoms with van der Waals surface area (Å²) in [4.78, 5) is 34.3. The number of aryl methyl sites for hydroxylation is 1. The van der Waals surface area contributed by atoms with E-state index < -0.39 is 17.4 Å². The highest BCUT2D eigenvalue weighted by atomic mass is 19.4. The van der Waals surface area contributed by atoms with E-state index in [1.54, 1.807) is 20.0 Å². The van der Waals surface area contributed by atoms with E-state index in [0.717, 1.165) is 6.20 Å². The Balaban J connectivity index is 2.05. The molecule has 1 amide bonds. The summed E-state index contributed by atoms with van der Waals surface area (Å²) >= 11 is 0. The van der Waals surface area contributed by atoms with Crippen molar-refractivity contribution in [2.75, 3.05) is 18.9 Å². The van der Waals surface area contributed by atoms with Crippen LogP contribution in [0.1, 0.15) is 17.7 Å². The number of nitrogens with one attached hydrogen (secondary N) is 3. The Kier molecular flexibility index (Phi) is 6.50. The lowest BCUT2D eigenvalue weighted by atomic mass is 10.00. The van der Waals surface area contributed by atoms with Gasteiger partial charge in [-0.25, -0.2) is 4.98 Å². The number of alkyl halides is 3.